The Morgan fingerprint density at radius 2 is 1.62 bits per heavy atom. The third kappa shape index (κ3) is 4.41. The van der Waals surface area contributed by atoms with E-state index in [0.29, 0.717) is 35.9 Å². The minimum Gasteiger partial charge on any atom is -0.493 e. The molecule has 2 rings (SSSR count). The fourth-order valence-electron chi connectivity index (χ4n) is 1.81. The first-order valence-electron chi connectivity index (χ1n) is 6.55. The second kappa shape index (κ2) is 7.57. The Kier molecular flexibility index (Phi) is 5.48. The van der Waals surface area contributed by atoms with Gasteiger partial charge in [-0.15, -0.1) is 0 Å². The fraction of sp³-hybridized carbons (Fsp3) is 0.200. The number of benzene rings is 2. The smallest absolute Gasteiger partial charge is 0.488 e. The van der Waals surface area contributed by atoms with Gasteiger partial charge in [0.2, 0.25) is 0 Å². The summed E-state index contributed by atoms with van der Waals surface area (Å²) in [6.07, 6.45) is 0. The average molecular weight is 288 g/mol. The van der Waals surface area contributed by atoms with Gasteiger partial charge < -0.3 is 24.3 Å². The van der Waals surface area contributed by atoms with Gasteiger partial charge in [0.15, 0.2) is 11.5 Å². The van der Waals surface area contributed by atoms with E-state index in [1.165, 1.54) is 0 Å². The molecule has 5 nitrogen and oxygen atoms in total. The van der Waals surface area contributed by atoms with Crippen LogP contribution >= 0.6 is 0 Å². The molecular weight excluding hydrogens is 271 g/mol. The van der Waals surface area contributed by atoms with Crippen molar-refractivity contribution in [2.75, 3.05) is 20.3 Å². The first kappa shape index (κ1) is 15.2. The molecule has 2 aromatic rings. The van der Waals surface area contributed by atoms with E-state index in [2.05, 4.69) is 0 Å². The molecule has 0 heterocycles. The minimum atomic E-state index is -1.50. The Labute approximate surface area is 123 Å². The first-order valence-corrected chi connectivity index (χ1v) is 6.55. The molecule has 110 valence electrons. The molecule has 0 saturated carbocycles. The predicted molar refractivity (Wildman–Crippen MR) is 80.3 cm³/mol. The maximum absolute atomic E-state index is 9.09. The van der Waals surface area contributed by atoms with E-state index in [0.717, 1.165) is 0 Å². The van der Waals surface area contributed by atoms with Gasteiger partial charge in [0.05, 0.1) is 7.11 Å². The summed E-state index contributed by atoms with van der Waals surface area (Å²) in [6, 6.07) is 14.0. The quantitative estimate of drug-likeness (QED) is 0.583. The Balaban J connectivity index is 1.83. The summed E-state index contributed by atoms with van der Waals surface area (Å²) >= 11 is 0. The van der Waals surface area contributed by atoms with Crippen LogP contribution in [0.3, 0.4) is 0 Å². The zero-order valence-corrected chi connectivity index (χ0v) is 11.7. The Morgan fingerprint density at radius 3 is 2.33 bits per heavy atom. The lowest BCUT2D eigenvalue weighted by Crippen LogP contribution is -2.29. The minimum absolute atomic E-state index is 0.336. The molecule has 0 aliphatic rings. The van der Waals surface area contributed by atoms with E-state index < -0.39 is 7.12 Å². The summed E-state index contributed by atoms with van der Waals surface area (Å²) < 4.78 is 16.3. The number of hydrogen-bond acceptors (Lipinski definition) is 5. The van der Waals surface area contributed by atoms with Gasteiger partial charge in [-0.25, -0.2) is 0 Å². The highest BCUT2D eigenvalue weighted by molar-refractivity contribution is 6.58. The van der Waals surface area contributed by atoms with Crippen molar-refractivity contribution >= 4 is 12.6 Å². The van der Waals surface area contributed by atoms with Crippen LogP contribution in [0, 0.1) is 0 Å². The number of para-hydroxylation sites is 2. The summed E-state index contributed by atoms with van der Waals surface area (Å²) in [6.45, 7) is 0.690. The maximum atomic E-state index is 9.09. The van der Waals surface area contributed by atoms with Crippen molar-refractivity contribution < 1.29 is 24.3 Å². The van der Waals surface area contributed by atoms with Gasteiger partial charge in [-0.3, -0.25) is 0 Å². The number of methoxy groups -OCH3 is 1. The molecule has 0 fully saturated rings. The zero-order chi connectivity index (χ0) is 15.1. The molecule has 0 aliphatic heterocycles. The molecule has 0 unspecified atom stereocenters. The van der Waals surface area contributed by atoms with Crippen molar-refractivity contribution in [3.05, 3.63) is 48.5 Å². The van der Waals surface area contributed by atoms with E-state index >= 15 is 0 Å². The number of rotatable bonds is 7. The lowest BCUT2D eigenvalue weighted by atomic mass is 9.80. The van der Waals surface area contributed by atoms with Gasteiger partial charge in [0.1, 0.15) is 19.0 Å². The normalized spacial score (nSPS) is 10.0. The first-order chi connectivity index (χ1) is 10.2. The van der Waals surface area contributed by atoms with Crippen LogP contribution in [0.4, 0.5) is 0 Å². The zero-order valence-electron chi connectivity index (χ0n) is 11.7. The molecule has 21 heavy (non-hydrogen) atoms. The molecule has 0 atom stereocenters. The highest BCUT2D eigenvalue weighted by Crippen LogP contribution is 2.25. The topological polar surface area (TPSA) is 68.2 Å². The van der Waals surface area contributed by atoms with Crippen molar-refractivity contribution in [1.29, 1.82) is 0 Å². The molecule has 0 bridgehead atoms. The predicted octanol–water partition coefficient (Wildman–Crippen LogP) is 0.833. The third-order valence-corrected chi connectivity index (χ3v) is 2.83. The highest BCUT2D eigenvalue weighted by Gasteiger charge is 2.11. The monoisotopic (exact) mass is 288 g/mol. The van der Waals surface area contributed by atoms with Gasteiger partial charge in [0.25, 0.3) is 0 Å². The maximum Gasteiger partial charge on any atom is 0.488 e. The van der Waals surface area contributed by atoms with Gasteiger partial charge in [-0.05, 0) is 29.7 Å². The molecular formula is C15H17BO5. The SMILES string of the molecule is COc1ccccc1OCCOc1cccc(B(O)O)c1. The lowest BCUT2D eigenvalue weighted by Gasteiger charge is -2.11. The van der Waals surface area contributed by atoms with E-state index in [1.807, 2.05) is 24.3 Å². The summed E-state index contributed by atoms with van der Waals surface area (Å²) in [5, 5.41) is 18.2. The molecule has 2 N–H and O–H groups in total. The number of ether oxygens (including phenoxy) is 3. The molecule has 0 amide bonds. The average Bonchev–Trinajstić information content (AvgIpc) is 2.52. The van der Waals surface area contributed by atoms with Crippen LogP contribution < -0.4 is 19.7 Å². The molecule has 0 saturated heterocycles. The van der Waals surface area contributed by atoms with Gasteiger partial charge >= 0.3 is 7.12 Å². The molecule has 0 aromatic heterocycles. The van der Waals surface area contributed by atoms with Crippen LogP contribution in [-0.4, -0.2) is 37.5 Å². The van der Waals surface area contributed by atoms with Crippen LogP contribution in [0.1, 0.15) is 0 Å². The van der Waals surface area contributed by atoms with Crippen LogP contribution in [-0.2, 0) is 0 Å². The van der Waals surface area contributed by atoms with Crippen LogP contribution in [0.25, 0.3) is 0 Å². The Hall–Kier alpha value is -2.18. The highest BCUT2D eigenvalue weighted by atomic mass is 16.5. The molecule has 6 heteroatoms. The lowest BCUT2D eigenvalue weighted by molar-refractivity contribution is 0.211. The van der Waals surface area contributed by atoms with E-state index in [4.69, 9.17) is 24.3 Å². The summed E-state index contributed by atoms with van der Waals surface area (Å²) in [4.78, 5) is 0. The van der Waals surface area contributed by atoms with Crippen LogP contribution in [0.15, 0.2) is 48.5 Å². The largest absolute Gasteiger partial charge is 0.493 e. The van der Waals surface area contributed by atoms with Crippen molar-refractivity contribution in [2.45, 2.75) is 0 Å². The van der Waals surface area contributed by atoms with Gasteiger partial charge in [-0.1, -0.05) is 24.3 Å². The Morgan fingerprint density at radius 1 is 0.905 bits per heavy atom. The van der Waals surface area contributed by atoms with Crippen molar-refractivity contribution in [2.24, 2.45) is 0 Å². The van der Waals surface area contributed by atoms with E-state index in [1.54, 1.807) is 31.4 Å². The molecule has 0 aliphatic carbocycles. The second-order valence-corrected chi connectivity index (χ2v) is 4.29. The summed E-state index contributed by atoms with van der Waals surface area (Å²) in [7, 11) is 0.0862. The Bertz CT molecular complexity index is 573. The fourth-order valence-corrected chi connectivity index (χ4v) is 1.81. The molecule has 2 aromatic carbocycles. The van der Waals surface area contributed by atoms with Crippen LogP contribution in [0.2, 0.25) is 0 Å². The standard InChI is InChI=1S/C15H17BO5/c1-19-14-7-2-3-8-15(14)21-10-9-20-13-6-4-5-12(11-13)16(17)18/h2-8,11,17-18H,9-10H2,1H3. The van der Waals surface area contributed by atoms with Crippen molar-refractivity contribution in [3.8, 4) is 17.2 Å². The third-order valence-electron chi connectivity index (χ3n) is 2.83. The van der Waals surface area contributed by atoms with Gasteiger partial charge in [0, 0.05) is 0 Å². The van der Waals surface area contributed by atoms with Gasteiger partial charge in [-0.2, -0.15) is 0 Å². The van der Waals surface area contributed by atoms with Crippen LogP contribution in [0.5, 0.6) is 17.2 Å². The number of hydrogen-bond donors (Lipinski definition) is 2. The molecule has 0 spiro atoms. The summed E-state index contributed by atoms with van der Waals surface area (Å²) in [5.41, 5.74) is 0.387. The van der Waals surface area contributed by atoms with Crippen molar-refractivity contribution in [1.82, 2.24) is 0 Å². The van der Waals surface area contributed by atoms with E-state index in [-0.39, 0.29) is 0 Å². The second-order valence-electron chi connectivity index (χ2n) is 4.29. The summed E-state index contributed by atoms with van der Waals surface area (Å²) in [5.74, 6) is 1.88. The van der Waals surface area contributed by atoms with E-state index in [9.17, 15) is 0 Å². The van der Waals surface area contributed by atoms with Crippen molar-refractivity contribution in [3.63, 3.8) is 0 Å². The molecule has 0 radical (unpaired) electrons.